The summed E-state index contributed by atoms with van der Waals surface area (Å²) >= 11 is 0. The van der Waals surface area contributed by atoms with Crippen LogP contribution in [0.3, 0.4) is 0 Å². The maximum absolute atomic E-state index is 12.9. The van der Waals surface area contributed by atoms with E-state index in [0.29, 0.717) is 102 Å². The number of aliphatic carboxylic acids is 2. The Hall–Kier alpha value is -5.84. The third-order valence-electron chi connectivity index (χ3n) is 8.17. The Bertz CT molecular complexity index is 1850. The number of amides is 4. The monoisotopic (exact) mass is 895 g/mol. The number of benzene rings is 3. The number of halogens is 3. The Labute approximate surface area is 362 Å². The van der Waals surface area contributed by atoms with Gasteiger partial charge >= 0.3 is 24.1 Å². The van der Waals surface area contributed by atoms with Crippen LogP contribution in [0.25, 0.3) is 0 Å². The lowest BCUT2D eigenvalue weighted by atomic mass is 10.1. The predicted octanol–water partition coefficient (Wildman–Crippen LogP) is 4.32. The first kappa shape index (κ1) is 53.3. The van der Waals surface area contributed by atoms with Crippen molar-refractivity contribution in [3.63, 3.8) is 0 Å². The predicted molar refractivity (Wildman–Crippen MR) is 225 cm³/mol. The van der Waals surface area contributed by atoms with Crippen molar-refractivity contribution in [2.75, 3.05) is 102 Å². The molecule has 0 unspecified atom stereocenters. The van der Waals surface area contributed by atoms with Crippen LogP contribution in [0.4, 0.5) is 35.0 Å². The van der Waals surface area contributed by atoms with Crippen molar-refractivity contribution in [2.24, 2.45) is 5.73 Å². The number of para-hydroxylation sites is 1. The summed E-state index contributed by atoms with van der Waals surface area (Å²) in [7, 11) is 0. The Balaban J connectivity index is 0.00000179. The number of alkyl halides is 3. The molecular formula is C42H56F3N5O13. The third kappa shape index (κ3) is 24.4. The van der Waals surface area contributed by atoms with Gasteiger partial charge in [-0.15, -0.1) is 0 Å². The van der Waals surface area contributed by atoms with E-state index in [4.69, 9.17) is 49.2 Å². The average Bonchev–Trinajstić information content (AvgIpc) is 3.22. The van der Waals surface area contributed by atoms with Crippen LogP contribution in [-0.4, -0.2) is 132 Å². The van der Waals surface area contributed by atoms with E-state index in [0.717, 1.165) is 22.4 Å². The minimum Gasteiger partial charge on any atom is -0.482 e. The molecule has 0 radical (unpaired) electrons. The Kier molecular flexibility index (Phi) is 25.6. The number of carbonyl (C=O) groups excluding carboxylic acids is 3. The van der Waals surface area contributed by atoms with Gasteiger partial charge in [-0.05, 0) is 72.9 Å². The first-order valence-electron chi connectivity index (χ1n) is 19.7. The molecule has 0 aromatic heterocycles. The quantitative estimate of drug-likeness (QED) is 0.0502. The molecule has 0 spiro atoms. The van der Waals surface area contributed by atoms with Gasteiger partial charge in [0, 0.05) is 36.6 Å². The fourth-order valence-electron chi connectivity index (χ4n) is 5.18. The Morgan fingerprint density at radius 1 is 0.667 bits per heavy atom. The second kappa shape index (κ2) is 30.2. The van der Waals surface area contributed by atoms with Gasteiger partial charge in [-0.1, -0.05) is 30.3 Å². The number of hydrogen-bond donors (Lipinski definition) is 7. The number of rotatable bonds is 28. The van der Waals surface area contributed by atoms with Crippen LogP contribution in [0.2, 0.25) is 0 Å². The average molecular weight is 896 g/mol. The number of carboxylic acid groups (broad SMARTS) is 2. The van der Waals surface area contributed by atoms with Crippen LogP contribution < -0.4 is 31.7 Å². The molecule has 0 fully saturated rings. The minimum atomic E-state index is -5.08. The lowest BCUT2D eigenvalue weighted by Gasteiger charge is -2.14. The van der Waals surface area contributed by atoms with Gasteiger partial charge in [0.15, 0.2) is 6.61 Å². The summed E-state index contributed by atoms with van der Waals surface area (Å²) < 4.78 is 64.2. The summed E-state index contributed by atoms with van der Waals surface area (Å²) in [6.45, 7) is 8.45. The van der Waals surface area contributed by atoms with Gasteiger partial charge < -0.3 is 65.6 Å². The van der Waals surface area contributed by atoms with Crippen molar-refractivity contribution in [3.8, 4) is 5.75 Å². The summed E-state index contributed by atoms with van der Waals surface area (Å²) in [5.41, 5.74) is 10.3. The maximum Gasteiger partial charge on any atom is 0.490 e. The summed E-state index contributed by atoms with van der Waals surface area (Å²) in [6, 6.07) is 17.2. The fraction of sp³-hybridized carbons (Fsp3) is 0.452. The van der Waals surface area contributed by atoms with Gasteiger partial charge in [0.25, 0.3) is 0 Å². The zero-order chi connectivity index (χ0) is 46.5. The molecule has 0 saturated heterocycles. The number of carboxylic acids is 2. The van der Waals surface area contributed by atoms with Crippen molar-refractivity contribution < 1.29 is 75.8 Å². The smallest absolute Gasteiger partial charge is 0.482 e. The van der Waals surface area contributed by atoms with E-state index in [1.807, 2.05) is 32.0 Å². The molecule has 0 aliphatic carbocycles. The van der Waals surface area contributed by atoms with Crippen LogP contribution in [0, 0.1) is 13.8 Å². The van der Waals surface area contributed by atoms with Crippen molar-refractivity contribution in [1.82, 2.24) is 5.32 Å². The molecule has 0 heterocycles. The number of nitrogens with two attached hydrogens (primary N) is 1. The first-order chi connectivity index (χ1) is 30.1. The molecule has 21 heteroatoms. The highest BCUT2D eigenvalue weighted by Gasteiger charge is 2.38. The number of urea groups is 1. The summed E-state index contributed by atoms with van der Waals surface area (Å²) in [4.78, 5) is 58.1. The molecule has 4 amide bonds. The number of anilines is 3. The summed E-state index contributed by atoms with van der Waals surface area (Å²) in [5.74, 6) is -4.12. The number of nitrogens with one attached hydrogen (secondary N) is 4. The number of hydrogen-bond acceptors (Lipinski definition) is 12. The molecule has 0 aliphatic rings. The number of ether oxygens (including phenoxy) is 6. The lowest BCUT2D eigenvalue weighted by molar-refractivity contribution is -0.192. The summed E-state index contributed by atoms with van der Waals surface area (Å²) in [5, 5.41) is 27.6. The molecule has 0 bridgehead atoms. The highest BCUT2D eigenvalue weighted by atomic mass is 19.4. The van der Waals surface area contributed by atoms with E-state index in [2.05, 4.69) is 21.3 Å². The second-order valence-electron chi connectivity index (χ2n) is 13.3. The van der Waals surface area contributed by atoms with E-state index in [9.17, 15) is 32.3 Å². The second-order valence-corrected chi connectivity index (χ2v) is 13.3. The van der Waals surface area contributed by atoms with Crippen LogP contribution in [0.15, 0.2) is 60.7 Å². The van der Waals surface area contributed by atoms with Gasteiger partial charge in [-0.2, -0.15) is 13.2 Å². The van der Waals surface area contributed by atoms with E-state index < -0.39 is 24.7 Å². The molecule has 18 nitrogen and oxygen atoms in total. The highest BCUT2D eigenvalue weighted by molar-refractivity contribution is 6.00. The highest BCUT2D eigenvalue weighted by Crippen LogP contribution is 2.25. The Morgan fingerprint density at radius 2 is 1.19 bits per heavy atom. The first-order valence-corrected chi connectivity index (χ1v) is 19.7. The van der Waals surface area contributed by atoms with Crippen molar-refractivity contribution in [3.05, 3.63) is 82.9 Å². The molecule has 0 atom stereocenters. The molecule has 3 rings (SSSR count). The van der Waals surface area contributed by atoms with E-state index >= 15 is 0 Å². The van der Waals surface area contributed by atoms with E-state index in [1.165, 1.54) is 0 Å². The zero-order valence-electron chi connectivity index (χ0n) is 35.2. The number of carbonyl (C=O) groups is 5. The SMILES string of the molecule is Cc1cccc(C)c1NC(=O)Nc1ccc(CC(=O)Nc2ccc(OCC(=O)O)c(CCC(=O)NCCOCCOCCOCCOCCOCCN)c2)cc1.O=C(O)C(F)(F)F. The lowest BCUT2D eigenvalue weighted by Crippen LogP contribution is -2.28. The van der Waals surface area contributed by atoms with Crippen LogP contribution in [0.5, 0.6) is 5.75 Å². The summed E-state index contributed by atoms with van der Waals surface area (Å²) in [6.07, 6.45) is -4.68. The van der Waals surface area contributed by atoms with Crippen molar-refractivity contribution in [2.45, 2.75) is 39.3 Å². The van der Waals surface area contributed by atoms with Gasteiger partial charge in [-0.25, -0.2) is 14.4 Å². The standard InChI is InChI=1S/C40H55N5O11.C2HF3O2/c1-29-4-3-5-30(2)39(29)45-40(50)44-33-9-6-31(7-10-33)26-37(47)43-34-11-12-35(56-28-38(48)49)32(27-34)8-13-36(46)42-15-17-52-19-21-54-23-25-55-24-22-53-20-18-51-16-14-41;3-2(4,5)1(6)7/h3-7,9-12,27H,8,13-26,28,41H2,1-2H3,(H,42,46)(H,43,47)(H,48,49)(H2,44,45,50);(H,6,7). The maximum atomic E-state index is 12.9. The molecule has 0 aliphatic heterocycles. The topological polar surface area (TPSA) is 255 Å². The fourth-order valence-corrected chi connectivity index (χ4v) is 5.18. The Morgan fingerprint density at radius 3 is 1.71 bits per heavy atom. The van der Waals surface area contributed by atoms with E-state index in [-0.39, 0.29) is 37.1 Å². The largest absolute Gasteiger partial charge is 0.490 e. The normalized spacial score (nSPS) is 10.9. The van der Waals surface area contributed by atoms with Gasteiger partial charge in [0.05, 0.1) is 72.5 Å². The van der Waals surface area contributed by atoms with Crippen molar-refractivity contribution in [1.29, 1.82) is 0 Å². The van der Waals surface area contributed by atoms with Gasteiger partial charge in [-0.3, -0.25) is 9.59 Å². The molecule has 348 valence electrons. The minimum absolute atomic E-state index is 0.0654. The zero-order valence-corrected chi connectivity index (χ0v) is 35.2. The van der Waals surface area contributed by atoms with Crippen molar-refractivity contribution >= 4 is 46.8 Å². The van der Waals surface area contributed by atoms with Gasteiger partial charge in [0.2, 0.25) is 11.8 Å². The molecule has 3 aromatic carbocycles. The van der Waals surface area contributed by atoms with Gasteiger partial charge in [0.1, 0.15) is 5.75 Å². The molecule has 0 saturated carbocycles. The number of aryl methyl sites for hydroxylation is 3. The molecule has 3 aromatic rings. The van der Waals surface area contributed by atoms with Crippen LogP contribution >= 0.6 is 0 Å². The van der Waals surface area contributed by atoms with Crippen LogP contribution in [-0.2, 0) is 55.7 Å². The van der Waals surface area contributed by atoms with Crippen LogP contribution in [0.1, 0.15) is 28.7 Å². The molecule has 63 heavy (non-hydrogen) atoms. The molecular weight excluding hydrogens is 839 g/mol. The molecule has 8 N–H and O–H groups in total. The third-order valence-corrected chi connectivity index (χ3v) is 8.17. The van der Waals surface area contributed by atoms with E-state index in [1.54, 1.807) is 42.5 Å².